The van der Waals surface area contributed by atoms with Crippen molar-refractivity contribution in [2.45, 2.75) is 26.7 Å². The van der Waals surface area contributed by atoms with E-state index in [9.17, 15) is 0 Å². The maximum absolute atomic E-state index is 2.30. The molecule has 0 unspecified atom stereocenters. The van der Waals surface area contributed by atoms with Crippen molar-refractivity contribution in [1.82, 2.24) is 0 Å². The normalized spacial score (nSPS) is 11.8. The van der Waals surface area contributed by atoms with Gasteiger partial charge in [-0.2, -0.15) is 0 Å². The van der Waals surface area contributed by atoms with Crippen LogP contribution < -0.4 is 0 Å². The quantitative estimate of drug-likeness (QED) is 0.338. The monoisotopic (exact) mass is 336 g/mol. The molecule has 0 saturated heterocycles. The van der Waals surface area contributed by atoms with Crippen LogP contribution >= 0.6 is 0 Å². The molecule has 4 rings (SSSR count). The number of fused-ring (bicyclic) bond motifs is 2. The Hall–Kier alpha value is -2.86. The number of hydrogen-bond donors (Lipinski definition) is 0. The van der Waals surface area contributed by atoms with E-state index in [4.69, 9.17) is 0 Å². The second-order valence-corrected chi connectivity index (χ2v) is 7.46. The zero-order chi connectivity index (χ0) is 18.1. The van der Waals surface area contributed by atoms with Gasteiger partial charge in [0.15, 0.2) is 0 Å². The van der Waals surface area contributed by atoms with E-state index in [1.807, 2.05) is 0 Å². The Balaban J connectivity index is 1.63. The summed E-state index contributed by atoms with van der Waals surface area (Å²) in [5.74, 6) is 0.565. The van der Waals surface area contributed by atoms with Gasteiger partial charge in [0.05, 0.1) is 0 Å². The van der Waals surface area contributed by atoms with Crippen LogP contribution in [0.15, 0.2) is 72.8 Å². The van der Waals surface area contributed by atoms with Crippen LogP contribution in [-0.4, -0.2) is 0 Å². The first kappa shape index (κ1) is 16.6. The highest BCUT2D eigenvalue weighted by Gasteiger charge is 2.01. The number of aryl methyl sites for hydroxylation is 1. The molecule has 0 atom stereocenters. The summed E-state index contributed by atoms with van der Waals surface area (Å²) < 4.78 is 0. The average molecular weight is 336 g/mol. The van der Waals surface area contributed by atoms with Crippen molar-refractivity contribution in [3.63, 3.8) is 0 Å². The summed E-state index contributed by atoms with van der Waals surface area (Å²) >= 11 is 0. The molecule has 0 aliphatic heterocycles. The summed E-state index contributed by atoms with van der Waals surface area (Å²) in [4.78, 5) is 0. The predicted molar refractivity (Wildman–Crippen MR) is 116 cm³/mol. The average Bonchev–Trinajstić information content (AvgIpc) is 2.65. The van der Waals surface area contributed by atoms with Gasteiger partial charge in [-0.15, -0.1) is 0 Å². The number of benzene rings is 4. The van der Waals surface area contributed by atoms with Crippen LogP contribution in [-0.2, 0) is 0 Å². The molecule has 0 aliphatic rings. The fourth-order valence-electron chi connectivity index (χ4n) is 3.43. The summed E-state index contributed by atoms with van der Waals surface area (Å²) in [5, 5.41) is 5.20. The molecule has 4 aromatic rings. The molecule has 0 N–H and O–H groups in total. The lowest BCUT2D eigenvalue weighted by Gasteiger charge is -2.07. The van der Waals surface area contributed by atoms with E-state index in [1.54, 1.807) is 0 Å². The zero-order valence-corrected chi connectivity index (χ0v) is 15.7. The third kappa shape index (κ3) is 3.41. The molecule has 128 valence electrons. The van der Waals surface area contributed by atoms with Crippen LogP contribution in [0.5, 0.6) is 0 Å². The van der Waals surface area contributed by atoms with Crippen LogP contribution in [0.3, 0.4) is 0 Å². The Morgan fingerprint density at radius 3 is 1.69 bits per heavy atom. The molecule has 0 heteroatoms. The number of hydrogen-bond acceptors (Lipinski definition) is 0. The van der Waals surface area contributed by atoms with E-state index in [0.717, 1.165) is 0 Å². The second kappa shape index (κ2) is 6.80. The maximum Gasteiger partial charge on any atom is -0.0178 e. The molecule has 0 nitrogen and oxygen atoms in total. The lowest BCUT2D eigenvalue weighted by Crippen LogP contribution is -1.86. The van der Waals surface area contributed by atoms with Crippen LogP contribution in [0.2, 0.25) is 0 Å². The molecule has 0 amide bonds. The van der Waals surface area contributed by atoms with Crippen molar-refractivity contribution in [2.24, 2.45) is 0 Å². The van der Waals surface area contributed by atoms with Crippen molar-refractivity contribution < 1.29 is 0 Å². The van der Waals surface area contributed by atoms with Crippen LogP contribution in [0, 0.1) is 6.92 Å². The van der Waals surface area contributed by atoms with Gasteiger partial charge in [0, 0.05) is 0 Å². The van der Waals surface area contributed by atoms with E-state index in [2.05, 4.69) is 106 Å². The molecular weight excluding hydrogens is 312 g/mol. The van der Waals surface area contributed by atoms with Gasteiger partial charge in [0.1, 0.15) is 0 Å². The van der Waals surface area contributed by atoms with E-state index in [0.29, 0.717) is 5.92 Å². The van der Waals surface area contributed by atoms with Crippen molar-refractivity contribution in [3.05, 3.63) is 95.1 Å². The van der Waals surface area contributed by atoms with E-state index < -0.39 is 0 Å². The third-order valence-electron chi connectivity index (χ3n) is 5.04. The Morgan fingerprint density at radius 1 is 0.577 bits per heavy atom. The largest absolute Gasteiger partial charge is 0.0587 e. The van der Waals surface area contributed by atoms with E-state index >= 15 is 0 Å². The molecular formula is C26H24. The molecule has 0 spiro atoms. The fraction of sp³-hybridized carbons (Fsp3) is 0.154. The highest BCUT2D eigenvalue weighted by Crippen LogP contribution is 2.24. The van der Waals surface area contributed by atoms with Gasteiger partial charge in [-0.1, -0.05) is 92.2 Å². The lowest BCUT2D eigenvalue weighted by molar-refractivity contribution is 0.869. The zero-order valence-electron chi connectivity index (χ0n) is 15.7. The Kier molecular flexibility index (Phi) is 4.34. The molecule has 0 heterocycles. The highest BCUT2D eigenvalue weighted by atomic mass is 14.1. The van der Waals surface area contributed by atoms with Crippen molar-refractivity contribution >= 4 is 33.7 Å². The van der Waals surface area contributed by atoms with Gasteiger partial charge in [0.2, 0.25) is 0 Å². The predicted octanol–water partition coefficient (Wildman–Crippen LogP) is 7.60. The topological polar surface area (TPSA) is 0 Å². The SMILES string of the molecule is Cc1ccc2cc(/C=C/c3ccc4cc(C(C)C)ccc4c3)ccc2c1. The molecule has 0 saturated carbocycles. The first-order valence-corrected chi connectivity index (χ1v) is 9.31. The standard InChI is InChI=1S/C26H24/c1-18(2)22-12-13-25-16-21(8-11-26(25)17-22)6-5-20-7-10-23-14-19(3)4-9-24(23)15-20/h4-18H,1-3H3/b6-5+. The summed E-state index contributed by atoms with van der Waals surface area (Å²) in [6, 6.07) is 26.7. The minimum Gasteiger partial charge on any atom is -0.0587 e. The molecule has 0 aromatic heterocycles. The Morgan fingerprint density at radius 2 is 1.08 bits per heavy atom. The second-order valence-electron chi connectivity index (χ2n) is 7.46. The first-order valence-electron chi connectivity index (χ1n) is 9.31. The van der Waals surface area contributed by atoms with Gasteiger partial charge < -0.3 is 0 Å². The van der Waals surface area contributed by atoms with Gasteiger partial charge in [-0.25, -0.2) is 0 Å². The summed E-state index contributed by atoms with van der Waals surface area (Å²) in [5.41, 5.74) is 5.17. The van der Waals surface area contributed by atoms with Gasteiger partial charge in [0.25, 0.3) is 0 Å². The molecule has 0 aliphatic carbocycles. The van der Waals surface area contributed by atoms with E-state index in [-0.39, 0.29) is 0 Å². The summed E-state index contributed by atoms with van der Waals surface area (Å²) in [6.07, 6.45) is 4.40. The van der Waals surface area contributed by atoms with Gasteiger partial charge in [-0.3, -0.25) is 0 Å². The molecule has 0 fully saturated rings. The molecule has 0 bridgehead atoms. The van der Waals surface area contributed by atoms with Crippen molar-refractivity contribution in [2.75, 3.05) is 0 Å². The van der Waals surface area contributed by atoms with Gasteiger partial charge in [-0.05, 0) is 63.2 Å². The highest BCUT2D eigenvalue weighted by molar-refractivity contribution is 5.88. The Bertz CT molecular complexity index is 1110. The van der Waals surface area contributed by atoms with Crippen molar-refractivity contribution in [1.29, 1.82) is 0 Å². The first-order chi connectivity index (χ1) is 12.6. The minimum absolute atomic E-state index is 0.565. The summed E-state index contributed by atoms with van der Waals surface area (Å²) in [6.45, 7) is 6.61. The molecule has 26 heavy (non-hydrogen) atoms. The summed E-state index contributed by atoms with van der Waals surface area (Å²) in [7, 11) is 0. The van der Waals surface area contributed by atoms with Crippen LogP contribution in [0.25, 0.3) is 33.7 Å². The fourth-order valence-corrected chi connectivity index (χ4v) is 3.43. The molecule has 0 radical (unpaired) electrons. The smallest absolute Gasteiger partial charge is 0.0178 e. The van der Waals surface area contributed by atoms with Crippen molar-refractivity contribution in [3.8, 4) is 0 Å². The van der Waals surface area contributed by atoms with E-state index in [1.165, 1.54) is 43.8 Å². The maximum atomic E-state index is 2.30. The lowest BCUT2D eigenvalue weighted by atomic mass is 9.98. The number of rotatable bonds is 3. The Labute approximate surface area is 155 Å². The van der Waals surface area contributed by atoms with Gasteiger partial charge >= 0.3 is 0 Å². The molecule has 4 aromatic carbocycles. The van der Waals surface area contributed by atoms with Crippen LogP contribution in [0.4, 0.5) is 0 Å². The minimum atomic E-state index is 0.565. The third-order valence-corrected chi connectivity index (χ3v) is 5.04. The van der Waals surface area contributed by atoms with Crippen LogP contribution in [0.1, 0.15) is 42.0 Å².